The van der Waals surface area contributed by atoms with Crippen molar-refractivity contribution in [1.29, 1.82) is 0 Å². The Balaban J connectivity index is 2.05. The van der Waals surface area contributed by atoms with Crippen LogP contribution in [0.5, 0.6) is 0 Å². The summed E-state index contributed by atoms with van der Waals surface area (Å²) in [5.74, 6) is 0.374. The van der Waals surface area contributed by atoms with E-state index in [1.807, 2.05) is 0 Å². The van der Waals surface area contributed by atoms with Crippen molar-refractivity contribution in [1.82, 2.24) is 24.7 Å². The maximum atomic E-state index is 12.6. The highest BCUT2D eigenvalue weighted by Crippen LogP contribution is 2.30. The van der Waals surface area contributed by atoms with Crippen LogP contribution in [0.15, 0.2) is 29.3 Å². The number of hydrogen-bond acceptors (Lipinski definition) is 5. The minimum atomic E-state index is -4.48. The molecule has 0 aliphatic carbocycles. The molecule has 22 heavy (non-hydrogen) atoms. The molecule has 3 rings (SSSR count). The van der Waals surface area contributed by atoms with Gasteiger partial charge in [-0.2, -0.15) is 18.2 Å². The van der Waals surface area contributed by atoms with Crippen LogP contribution >= 0.6 is 0 Å². The first-order valence-electron chi connectivity index (χ1n) is 6.08. The summed E-state index contributed by atoms with van der Waals surface area (Å²) >= 11 is 0. The third-order valence-corrected chi connectivity index (χ3v) is 3.02. The Hall–Kier alpha value is -2.91. The highest BCUT2D eigenvalue weighted by molar-refractivity contribution is 5.78. The molecule has 2 heterocycles. The molecular weight excluding hydrogens is 301 g/mol. The Bertz CT molecular complexity index is 898. The molecule has 0 unspecified atom stereocenters. The molecule has 10 heteroatoms. The second-order valence-electron chi connectivity index (χ2n) is 4.55. The number of nitrogen functional groups attached to an aromatic ring is 1. The van der Waals surface area contributed by atoms with Crippen LogP contribution < -0.4 is 11.3 Å². The van der Waals surface area contributed by atoms with Crippen molar-refractivity contribution in [3.63, 3.8) is 0 Å². The quantitative estimate of drug-likeness (QED) is 0.739. The van der Waals surface area contributed by atoms with E-state index in [0.29, 0.717) is 5.82 Å². The first-order chi connectivity index (χ1) is 10.3. The van der Waals surface area contributed by atoms with E-state index >= 15 is 0 Å². The van der Waals surface area contributed by atoms with E-state index in [9.17, 15) is 18.0 Å². The number of nitrogens with one attached hydrogen (secondary N) is 1. The van der Waals surface area contributed by atoms with Crippen molar-refractivity contribution in [3.05, 3.63) is 46.3 Å². The molecule has 3 N–H and O–H groups in total. The molecule has 0 spiro atoms. The highest BCUT2D eigenvalue weighted by Gasteiger charge is 2.30. The van der Waals surface area contributed by atoms with E-state index < -0.39 is 17.3 Å². The van der Waals surface area contributed by atoms with Crippen LogP contribution in [0.4, 0.5) is 19.1 Å². The number of nitrogens with two attached hydrogens (primary N) is 1. The van der Waals surface area contributed by atoms with Crippen molar-refractivity contribution in [2.24, 2.45) is 0 Å². The molecule has 0 saturated carbocycles. The first kappa shape index (κ1) is 14.0. The number of aromatic amines is 1. The van der Waals surface area contributed by atoms with E-state index in [2.05, 4.69) is 20.2 Å². The molecule has 3 aromatic rings. The third kappa shape index (κ3) is 2.50. The van der Waals surface area contributed by atoms with Crippen LogP contribution in [0.2, 0.25) is 0 Å². The zero-order valence-electron chi connectivity index (χ0n) is 10.9. The lowest BCUT2D eigenvalue weighted by Crippen LogP contribution is -2.22. The van der Waals surface area contributed by atoms with Gasteiger partial charge in [-0.05, 0) is 18.2 Å². The fourth-order valence-corrected chi connectivity index (χ4v) is 1.99. The molecular formula is C12H9F3N6O. The lowest BCUT2D eigenvalue weighted by Gasteiger charge is -2.08. The Labute approximate surface area is 120 Å². The molecule has 0 saturated heterocycles. The molecule has 2 aromatic heterocycles. The van der Waals surface area contributed by atoms with Crippen molar-refractivity contribution in [3.8, 4) is 0 Å². The number of H-pyrrole nitrogens is 1. The lowest BCUT2D eigenvalue weighted by atomic mass is 10.1. The lowest BCUT2D eigenvalue weighted by molar-refractivity contribution is -0.137. The SMILES string of the molecule is Nc1n[nH]c(Cn2cnc3cc(C(F)(F)F)ccc3c2=O)n1. The van der Waals surface area contributed by atoms with Gasteiger partial charge in [0.05, 0.1) is 29.3 Å². The Morgan fingerprint density at radius 1 is 1.32 bits per heavy atom. The summed E-state index contributed by atoms with van der Waals surface area (Å²) in [4.78, 5) is 20.0. The van der Waals surface area contributed by atoms with Crippen LogP contribution in [0, 0.1) is 0 Å². The molecule has 7 nitrogen and oxygen atoms in total. The van der Waals surface area contributed by atoms with Gasteiger partial charge in [-0.3, -0.25) is 14.5 Å². The standard InChI is InChI=1S/C12H9F3N6O/c13-12(14,15)6-1-2-7-8(3-6)17-5-21(10(7)22)4-9-18-11(16)20-19-9/h1-3,5H,4H2,(H3,16,18,19,20). The summed E-state index contributed by atoms with van der Waals surface area (Å²) in [6.45, 7) is 0.0347. The van der Waals surface area contributed by atoms with Gasteiger partial charge in [0.2, 0.25) is 5.95 Å². The minimum Gasteiger partial charge on any atom is -0.367 e. The summed E-state index contributed by atoms with van der Waals surface area (Å²) in [5.41, 5.74) is 4.00. The van der Waals surface area contributed by atoms with Crippen LogP contribution in [0.25, 0.3) is 10.9 Å². The molecule has 0 aliphatic heterocycles. The molecule has 0 atom stereocenters. The van der Waals surface area contributed by atoms with E-state index in [0.717, 1.165) is 24.5 Å². The number of rotatable bonds is 2. The fraction of sp³-hybridized carbons (Fsp3) is 0.167. The Morgan fingerprint density at radius 2 is 2.09 bits per heavy atom. The molecule has 0 fully saturated rings. The molecule has 1 aromatic carbocycles. The van der Waals surface area contributed by atoms with E-state index in [1.165, 1.54) is 4.57 Å². The molecule has 0 radical (unpaired) electrons. The van der Waals surface area contributed by atoms with Crippen LogP contribution in [0.3, 0.4) is 0 Å². The predicted octanol–water partition coefficient (Wildman–Crippen LogP) is 1.16. The second kappa shape index (κ2) is 4.83. The zero-order valence-corrected chi connectivity index (χ0v) is 10.9. The Kier molecular flexibility index (Phi) is 3.08. The molecule has 0 aliphatic rings. The normalized spacial score (nSPS) is 12.0. The number of benzene rings is 1. The monoisotopic (exact) mass is 310 g/mol. The van der Waals surface area contributed by atoms with Crippen LogP contribution in [0.1, 0.15) is 11.4 Å². The first-order valence-corrected chi connectivity index (χ1v) is 6.08. The predicted molar refractivity (Wildman–Crippen MR) is 70.9 cm³/mol. The van der Waals surface area contributed by atoms with E-state index in [-0.39, 0.29) is 23.4 Å². The average molecular weight is 310 g/mol. The number of hydrogen-bond donors (Lipinski definition) is 2. The summed E-state index contributed by atoms with van der Waals surface area (Å²) in [6, 6.07) is 2.80. The summed E-state index contributed by atoms with van der Waals surface area (Å²) in [5, 5.41) is 6.25. The molecule has 0 amide bonds. The van der Waals surface area contributed by atoms with Gasteiger partial charge in [0.15, 0.2) is 0 Å². The second-order valence-corrected chi connectivity index (χ2v) is 4.55. The van der Waals surface area contributed by atoms with Gasteiger partial charge in [-0.1, -0.05) is 0 Å². The van der Waals surface area contributed by atoms with Crippen LogP contribution in [-0.2, 0) is 12.7 Å². The van der Waals surface area contributed by atoms with Gasteiger partial charge in [-0.25, -0.2) is 4.98 Å². The van der Waals surface area contributed by atoms with Gasteiger partial charge < -0.3 is 5.73 Å². The number of anilines is 1. The number of halogens is 3. The Morgan fingerprint density at radius 3 is 2.73 bits per heavy atom. The summed E-state index contributed by atoms with van der Waals surface area (Å²) < 4.78 is 39.1. The highest BCUT2D eigenvalue weighted by atomic mass is 19.4. The number of nitrogens with zero attached hydrogens (tertiary/aromatic N) is 4. The average Bonchev–Trinajstić information content (AvgIpc) is 2.86. The summed E-state index contributed by atoms with van der Waals surface area (Å²) in [6.07, 6.45) is -3.33. The van der Waals surface area contributed by atoms with Gasteiger partial charge in [0, 0.05) is 0 Å². The van der Waals surface area contributed by atoms with Gasteiger partial charge in [0.1, 0.15) is 5.82 Å². The van der Waals surface area contributed by atoms with Gasteiger partial charge >= 0.3 is 6.18 Å². The smallest absolute Gasteiger partial charge is 0.367 e. The third-order valence-electron chi connectivity index (χ3n) is 3.02. The zero-order chi connectivity index (χ0) is 15.9. The maximum absolute atomic E-state index is 12.6. The van der Waals surface area contributed by atoms with Crippen molar-refractivity contribution >= 4 is 16.9 Å². The maximum Gasteiger partial charge on any atom is 0.416 e. The van der Waals surface area contributed by atoms with Gasteiger partial charge in [0.25, 0.3) is 5.56 Å². The van der Waals surface area contributed by atoms with Crippen LogP contribution in [-0.4, -0.2) is 24.7 Å². The van der Waals surface area contributed by atoms with Crippen molar-refractivity contribution < 1.29 is 13.2 Å². The van der Waals surface area contributed by atoms with Gasteiger partial charge in [-0.15, -0.1) is 5.10 Å². The minimum absolute atomic E-state index is 0.0202. The number of aromatic nitrogens is 5. The fourth-order valence-electron chi connectivity index (χ4n) is 1.99. The van der Waals surface area contributed by atoms with E-state index in [1.54, 1.807) is 0 Å². The van der Waals surface area contributed by atoms with E-state index in [4.69, 9.17) is 5.73 Å². The number of fused-ring (bicyclic) bond motifs is 1. The largest absolute Gasteiger partial charge is 0.416 e. The number of alkyl halides is 3. The topological polar surface area (TPSA) is 102 Å². The summed E-state index contributed by atoms with van der Waals surface area (Å²) in [7, 11) is 0. The molecule has 0 bridgehead atoms. The van der Waals surface area contributed by atoms with Crippen molar-refractivity contribution in [2.45, 2.75) is 12.7 Å². The molecule has 114 valence electrons. The van der Waals surface area contributed by atoms with Crippen molar-refractivity contribution in [2.75, 3.05) is 5.73 Å².